The van der Waals surface area contributed by atoms with Gasteiger partial charge in [0.2, 0.25) is 0 Å². The zero-order chi connectivity index (χ0) is 18.8. The van der Waals surface area contributed by atoms with Crippen LogP contribution in [0.15, 0.2) is 36.9 Å². The van der Waals surface area contributed by atoms with Crippen LogP contribution in [0.3, 0.4) is 0 Å². The van der Waals surface area contributed by atoms with Crippen LogP contribution in [0.1, 0.15) is 42.6 Å². The summed E-state index contributed by atoms with van der Waals surface area (Å²) in [5, 5.41) is 14.7. The number of hydrogen-bond donors (Lipinski definition) is 1. The Morgan fingerprint density at radius 2 is 1.96 bits per heavy atom. The highest BCUT2D eigenvalue weighted by atomic mass is 16.5. The fourth-order valence-electron chi connectivity index (χ4n) is 4.34. The maximum Gasteiger partial charge on any atom is 0.253 e. The highest BCUT2D eigenvalue weighted by molar-refractivity contribution is 5.94. The third kappa shape index (κ3) is 3.69. The van der Waals surface area contributed by atoms with E-state index in [0.29, 0.717) is 37.0 Å². The monoisotopic (exact) mass is 370 g/mol. The van der Waals surface area contributed by atoms with Crippen LogP contribution < -0.4 is 4.74 Å². The minimum atomic E-state index is -0.446. The van der Waals surface area contributed by atoms with Crippen LogP contribution in [0.5, 0.6) is 5.75 Å². The Bertz CT molecular complexity index is 762. The van der Waals surface area contributed by atoms with E-state index in [0.717, 1.165) is 25.1 Å². The molecule has 1 saturated heterocycles. The number of aliphatic hydroxyl groups is 1. The molecule has 0 spiro atoms. The van der Waals surface area contributed by atoms with Gasteiger partial charge in [-0.1, -0.05) is 6.92 Å². The van der Waals surface area contributed by atoms with Gasteiger partial charge in [0.1, 0.15) is 18.4 Å². The maximum atomic E-state index is 12.9. The predicted octanol–water partition coefficient (Wildman–Crippen LogP) is 2.15. The second kappa shape index (κ2) is 7.68. The lowest BCUT2D eigenvalue weighted by molar-refractivity contribution is 0.0304. The van der Waals surface area contributed by atoms with Crippen molar-refractivity contribution >= 4 is 5.91 Å². The molecule has 1 aliphatic heterocycles. The Kier molecular flexibility index (Phi) is 5.11. The number of likely N-dealkylation sites (tertiary alicyclic amines) is 1. The highest BCUT2D eigenvalue weighted by Gasteiger charge is 2.43. The van der Waals surface area contributed by atoms with E-state index >= 15 is 0 Å². The molecule has 2 fully saturated rings. The third-order valence-corrected chi connectivity index (χ3v) is 5.75. The predicted molar refractivity (Wildman–Crippen MR) is 99.4 cm³/mol. The summed E-state index contributed by atoms with van der Waals surface area (Å²) in [5.41, 5.74) is 0.686. The number of fused-ring (bicyclic) bond motifs is 1. The minimum absolute atomic E-state index is 0.0539. The van der Waals surface area contributed by atoms with Gasteiger partial charge in [-0.15, -0.1) is 0 Å². The molecule has 4 rings (SSSR count). The first kappa shape index (κ1) is 18.0. The Balaban J connectivity index is 1.41. The summed E-state index contributed by atoms with van der Waals surface area (Å²) in [6, 6.07) is 7.33. The maximum absolute atomic E-state index is 12.9. The first-order valence-electron chi connectivity index (χ1n) is 9.70. The molecule has 7 heteroatoms. The Morgan fingerprint density at radius 3 is 2.63 bits per heavy atom. The summed E-state index contributed by atoms with van der Waals surface area (Å²) >= 11 is 0. The summed E-state index contributed by atoms with van der Waals surface area (Å²) in [7, 11) is 0. The van der Waals surface area contributed by atoms with Crippen LogP contribution in [-0.4, -0.2) is 56.5 Å². The van der Waals surface area contributed by atoms with Crippen LogP contribution in [0.4, 0.5) is 0 Å². The minimum Gasteiger partial charge on any atom is -0.494 e. The molecule has 0 unspecified atom stereocenters. The average molecular weight is 370 g/mol. The van der Waals surface area contributed by atoms with Gasteiger partial charge >= 0.3 is 0 Å². The first-order valence-corrected chi connectivity index (χ1v) is 9.70. The molecule has 27 heavy (non-hydrogen) atoms. The molecule has 1 saturated carbocycles. The van der Waals surface area contributed by atoms with Crippen molar-refractivity contribution in [1.29, 1.82) is 0 Å². The number of carbonyl (C=O) groups is 1. The number of hydrogen-bond acceptors (Lipinski definition) is 5. The largest absolute Gasteiger partial charge is 0.494 e. The number of ether oxygens (including phenoxy) is 1. The van der Waals surface area contributed by atoms with E-state index in [-0.39, 0.29) is 11.9 Å². The zero-order valence-corrected chi connectivity index (χ0v) is 15.6. The summed E-state index contributed by atoms with van der Waals surface area (Å²) in [6.45, 7) is 4.18. The van der Waals surface area contributed by atoms with E-state index < -0.39 is 6.10 Å². The van der Waals surface area contributed by atoms with Gasteiger partial charge in [-0.2, -0.15) is 5.10 Å². The fourth-order valence-corrected chi connectivity index (χ4v) is 4.34. The number of benzene rings is 1. The van der Waals surface area contributed by atoms with E-state index in [1.54, 1.807) is 11.0 Å². The lowest BCUT2D eigenvalue weighted by Gasteiger charge is -2.34. The van der Waals surface area contributed by atoms with Crippen LogP contribution >= 0.6 is 0 Å². The van der Waals surface area contributed by atoms with Crippen molar-refractivity contribution in [3.8, 4) is 5.75 Å². The van der Waals surface area contributed by atoms with Crippen molar-refractivity contribution in [1.82, 2.24) is 19.7 Å². The van der Waals surface area contributed by atoms with Crippen molar-refractivity contribution in [2.75, 3.05) is 19.7 Å². The number of nitrogens with zero attached hydrogens (tertiary/aromatic N) is 4. The molecule has 4 atom stereocenters. The standard InChI is InChI=1S/C20H26N4O3/c1-2-7-27-17-5-3-14(4-6-17)20(26)23-10-15-8-18(24-13-21-12-22-24)19(25)9-16(15)11-23/h3-6,12-13,15-16,18-19,25H,2,7-11H2,1H3/t15-,16+,18-,19-/m1/s1. The van der Waals surface area contributed by atoms with Crippen LogP contribution in [0.2, 0.25) is 0 Å². The van der Waals surface area contributed by atoms with Gasteiger partial charge in [-0.3, -0.25) is 4.79 Å². The van der Waals surface area contributed by atoms with Gasteiger partial charge in [0.05, 0.1) is 18.8 Å². The fraction of sp³-hybridized carbons (Fsp3) is 0.550. The lowest BCUT2D eigenvalue weighted by Crippen LogP contribution is -2.36. The lowest BCUT2D eigenvalue weighted by atomic mass is 9.77. The van der Waals surface area contributed by atoms with Crippen LogP contribution in [0.25, 0.3) is 0 Å². The Hall–Kier alpha value is -2.41. The second-order valence-corrected chi connectivity index (χ2v) is 7.58. The molecule has 1 aliphatic carbocycles. The van der Waals surface area contributed by atoms with Crippen molar-refractivity contribution < 1.29 is 14.6 Å². The van der Waals surface area contributed by atoms with Gasteiger partial charge in [-0.25, -0.2) is 9.67 Å². The van der Waals surface area contributed by atoms with Gasteiger partial charge < -0.3 is 14.7 Å². The molecule has 1 amide bonds. The number of carbonyl (C=O) groups excluding carboxylic acids is 1. The third-order valence-electron chi connectivity index (χ3n) is 5.75. The smallest absolute Gasteiger partial charge is 0.253 e. The molecule has 2 aromatic rings. The van der Waals surface area contributed by atoms with Crippen molar-refractivity contribution in [3.05, 3.63) is 42.5 Å². The molecule has 1 aromatic heterocycles. The topological polar surface area (TPSA) is 80.5 Å². The molecule has 2 aliphatic rings. The number of rotatable bonds is 5. The van der Waals surface area contributed by atoms with Gasteiger partial charge in [-0.05, 0) is 55.4 Å². The number of amides is 1. The zero-order valence-electron chi connectivity index (χ0n) is 15.6. The van der Waals surface area contributed by atoms with E-state index in [9.17, 15) is 9.90 Å². The Labute approximate surface area is 159 Å². The number of aliphatic hydroxyl groups excluding tert-OH is 1. The van der Waals surface area contributed by atoms with Gasteiger partial charge in [0.25, 0.3) is 5.91 Å². The summed E-state index contributed by atoms with van der Waals surface area (Å²) in [4.78, 5) is 18.8. The van der Waals surface area contributed by atoms with Crippen molar-refractivity contribution in [2.24, 2.45) is 11.8 Å². The van der Waals surface area contributed by atoms with E-state index in [4.69, 9.17) is 4.74 Å². The molecule has 2 heterocycles. The molecular formula is C20H26N4O3. The quantitative estimate of drug-likeness (QED) is 0.872. The molecule has 1 aromatic carbocycles. The molecule has 7 nitrogen and oxygen atoms in total. The van der Waals surface area contributed by atoms with Gasteiger partial charge in [0, 0.05) is 18.7 Å². The van der Waals surface area contributed by atoms with Crippen LogP contribution in [0, 0.1) is 11.8 Å². The average Bonchev–Trinajstić information content (AvgIpc) is 3.35. The summed E-state index contributed by atoms with van der Waals surface area (Å²) in [5.74, 6) is 1.58. The van der Waals surface area contributed by atoms with E-state index in [1.165, 1.54) is 6.33 Å². The molecule has 144 valence electrons. The molecular weight excluding hydrogens is 344 g/mol. The first-order chi connectivity index (χ1) is 13.2. The van der Waals surface area contributed by atoms with Crippen molar-refractivity contribution in [2.45, 2.75) is 38.3 Å². The molecule has 1 N–H and O–H groups in total. The van der Waals surface area contributed by atoms with Crippen LogP contribution in [-0.2, 0) is 0 Å². The number of aromatic nitrogens is 3. The van der Waals surface area contributed by atoms with Gasteiger partial charge in [0.15, 0.2) is 0 Å². The second-order valence-electron chi connectivity index (χ2n) is 7.58. The SMILES string of the molecule is CCCOc1ccc(C(=O)N2C[C@H]3C[C@@H](n4cncn4)[C@H](O)C[C@H]3C2)cc1. The molecule has 0 bridgehead atoms. The normalized spacial score (nSPS) is 27.4. The van der Waals surface area contributed by atoms with Crippen molar-refractivity contribution in [3.63, 3.8) is 0 Å². The summed E-state index contributed by atoms with van der Waals surface area (Å²) in [6.07, 6.45) is 5.19. The summed E-state index contributed by atoms with van der Waals surface area (Å²) < 4.78 is 7.34. The molecule has 0 radical (unpaired) electrons. The Morgan fingerprint density at radius 1 is 1.22 bits per heavy atom. The van der Waals surface area contributed by atoms with E-state index in [2.05, 4.69) is 17.0 Å². The highest BCUT2D eigenvalue weighted by Crippen LogP contribution is 2.41. The van der Waals surface area contributed by atoms with E-state index in [1.807, 2.05) is 29.2 Å².